The summed E-state index contributed by atoms with van der Waals surface area (Å²) in [6.45, 7) is 1.23. The molecule has 0 saturated heterocycles. The molecule has 1 N–H and O–H groups in total. The smallest absolute Gasteiger partial charge is 0.244 e. The number of benzene rings is 3. The standard InChI is InChI=1S/C31H34Cl3N3O4S/c1-21-16-24(32)13-15-28(21)37(42(2,40)41)20-30(38)36(19-23-12-14-26(33)27(34)17-23)29(18-22-8-4-3-5-9-22)31(39)35-25-10-6-7-11-25/h3-5,8-9,12-17,25,29H,6-7,10-11,18-20H2,1-2H3,(H,35,39). The summed E-state index contributed by atoms with van der Waals surface area (Å²) in [4.78, 5) is 29.6. The predicted octanol–water partition coefficient (Wildman–Crippen LogP) is 6.42. The largest absolute Gasteiger partial charge is 0.352 e. The molecule has 1 saturated carbocycles. The number of nitrogens with zero attached hydrogens (tertiary/aromatic N) is 2. The average molecular weight is 651 g/mol. The van der Waals surface area contributed by atoms with Crippen molar-refractivity contribution in [2.75, 3.05) is 17.1 Å². The molecule has 3 aromatic rings. The molecule has 0 spiro atoms. The van der Waals surface area contributed by atoms with Crippen LogP contribution in [0.2, 0.25) is 15.1 Å². The van der Waals surface area contributed by atoms with Crippen LogP contribution in [0.5, 0.6) is 0 Å². The Morgan fingerprint density at radius 2 is 1.62 bits per heavy atom. The fraction of sp³-hybridized carbons (Fsp3) is 0.355. The third-order valence-electron chi connectivity index (χ3n) is 7.42. The van der Waals surface area contributed by atoms with Crippen LogP contribution >= 0.6 is 34.8 Å². The highest BCUT2D eigenvalue weighted by molar-refractivity contribution is 7.92. The van der Waals surface area contributed by atoms with Crippen molar-refractivity contribution in [1.82, 2.24) is 10.2 Å². The molecule has 2 amide bonds. The van der Waals surface area contributed by atoms with Crippen LogP contribution in [0.4, 0.5) is 5.69 Å². The van der Waals surface area contributed by atoms with Gasteiger partial charge in [-0.2, -0.15) is 0 Å². The maximum atomic E-state index is 14.2. The van der Waals surface area contributed by atoms with E-state index in [-0.39, 0.29) is 24.9 Å². The van der Waals surface area contributed by atoms with Gasteiger partial charge in [-0.1, -0.05) is 84.0 Å². The molecule has 0 aromatic heterocycles. The summed E-state index contributed by atoms with van der Waals surface area (Å²) < 4.78 is 27.1. The van der Waals surface area contributed by atoms with Crippen LogP contribution in [0.25, 0.3) is 0 Å². The van der Waals surface area contributed by atoms with Gasteiger partial charge in [-0.05, 0) is 66.8 Å². The first kappa shape index (κ1) is 32.1. The van der Waals surface area contributed by atoms with Gasteiger partial charge < -0.3 is 10.2 Å². The molecule has 0 heterocycles. The Hall–Kier alpha value is -2.78. The van der Waals surface area contributed by atoms with Gasteiger partial charge in [0.25, 0.3) is 0 Å². The fourth-order valence-corrected chi connectivity index (χ4v) is 6.70. The van der Waals surface area contributed by atoms with Crippen molar-refractivity contribution in [3.8, 4) is 0 Å². The second-order valence-corrected chi connectivity index (χ2v) is 13.8. The molecule has 0 bridgehead atoms. The van der Waals surface area contributed by atoms with Crippen LogP contribution in [-0.2, 0) is 32.6 Å². The van der Waals surface area contributed by atoms with E-state index in [0.717, 1.165) is 41.8 Å². The number of hydrogen-bond acceptors (Lipinski definition) is 4. The van der Waals surface area contributed by atoms with E-state index in [4.69, 9.17) is 34.8 Å². The molecule has 0 aliphatic heterocycles. The zero-order valence-electron chi connectivity index (χ0n) is 23.5. The molecule has 0 radical (unpaired) electrons. The predicted molar refractivity (Wildman–Crippen MR) is 170 cm³/mol. The molecule has 1 atom stereocenters. The van der Waals surface area contributed by atoms with E-state index in [1.807, 2.05) is 30.3 Å². The van der Waals surface area contributed by atoms with E-state index in [9.17, 15) is 18.0 Å². The van der Waals surface area contributed by atoms with Crippen LogP contribution in [0.15, 0.2) is 66.7 Å². The van der Waals surface area contributed by atoms with Crippen LogP contribution in [0, 0.1) is 6.92 Å². The second-order valence-electron chi connectivity index (χ2n) is 10.7. The zero-order chi connectivity index (χ0) is 30.4. The summed E-state index contributed by atoms with van der Waals surface area (Å²) in [5, 5.41) is 4.26. The Morgan fingerprint density at radius 3 is 2.24 bits per heavy atom. The van der Waals surface area contributed by atoms with Crippen molar-refractivity contribution < 1.29 is 18.0 Å². The van der Waals surface area contributed by atoms with Gasteiger partial charge in [0.05, 0.1) is 22.0 Å². The number of carbonyl (C=O) groups is 2. The molecular formula is C31H34Cl3N3O4S. The minimum absolute atomic E-state index is 0.0164. The lowest BCUT2D eigenvalue weighted by atomic mass is 10.0. The van der Waals surface area contributed by atoms with Gasteiger partial charge in [0.2, 0.25) is 21.8 Å². The third-order valence-corrected chi connectivity index (χ3v) is 9.52. The number of anilines is 1. The fourth-order valence-electron chi connectivity index (χ4n) is 5.25. The molecule has 224 valence electrons. The van der Waals surface area contributed by atoms with Crippen molar-refractivity contribution in [3.05, 3.63) is 98.5 Å². The van der Waals surface area contributed by atoms with Crippen LogP contribution in [0.1, 0.15) is 42.4 Å². The SMILES string of the molecule is Cc1cc(Cl)ccc1N(CC(=O)N(Cc1ccc(Cl)c(Cl)c1)C(Cc1ccccc1)C(=O)NC1CCCC1)S(C)(=O)=O. The number of nitrogens with one attached hydrogen (secondary N) is 1. The van der Waals surface area contributed by atoms with E-state index in [1.54, 1.807) is 43.3 Å². The normalized spacial score (nSPS) is 14.4. The van der Waals surface area contributed by atoms with Gasteiger partial charge in [0.1, 0.15) is 12.6 Å². The number of sulfonamides is 1. The number of halogens is 3. The van der Waals surface area contributed by atoms with Crippen molar-refractivity contribution in [1.29, 1.82) is 0 Å². The second kappa shape index (κ2) is 14.1. The first-order chi connectivity index (χ1) is 19.9. The molecule has 1 aliphatic carbocycles. The van der Waals surface area contributed by atoms with Gasteiger partial charge in [-0.3, -0.25) is 13.9 Å². The summed E-state index contributed by atoms with van der Waals surface area (Å²) in [6, 6.07) is 18.4. The summed E-state index contributed by atoms with van der Waals surface area (Å²) in [6.07, 6.45) is 5.11. The van der Waals surface area contributed by atoms with E-state index >= 15 is 0 Å². The van der Waals surface area contributed by atoms with Crippen LogP contribution in [0.3, 0.4) is 0 Å². The third kappa shape index (κ3) is 8.40. The molecule has 7 nitrogen and oxygen atoms in total. The summed E-state index contributed by atoms with van der Waals surface area (Å²) in [7, 11) is -3.89. The lowest BCUT2D eigenvalue weighted by Crippen LogP contribution is -2.54. The van der Waals surface area contributed by atoms with Crippen molar-refractivity contribution in [3.63, 3.8) is 0 Å². The molecule has 1 unspecified atom stereocenters. The van der Waals surface area contributed by atoms with Gasteiger partial charge >= 0.3 is 0 Å². The monoisotopic (exact) mass is 649 g/mol. The average Bonchev–Trinajstić information content (AvgIpc) is 3.44. The first-order valence-electron chi connectivity index (χ1n) is 13.7. The maximum absolute atomic E-state index is 14.2. The zero-order valence-corrected chi connectivity index (χ0v) is 26.6. The van der Waals surface area contributed by atoms with Crippen LogP contribution in [-0.4, -0.2) is 50.0 Å². The van der Waals surface area contributed by atoms with Gasteiger partial charge in [0.15, 0.2) is 0 Å². The highest BCUT2D eigenvalue weighted by Gasteiger charge is 2.34. The van der Waals surface area contributed by atoms with Crippen molar-refractivity contribution >= 4 is 62.3 Å². The van der Waals surface area contributed by atoms with E-state index < -0.39 is 28.5 Å². The number of hydrogen-bond donors (Lipinski definition) is 1. The number of amides is 2. The summed E-state index contributed by atoms with van der Waals surface area (Å²) in [5.74, 6) is -0.823. The quantitative estimate of drug-likeness (QED) is 0.260. The Bertz CT molecular complexity index is 1530. The molecule has 3 aromatic carbocycles. The van der Waals surface area contributed by atoms with Gasteiger partial charge in [-0.15, -0.1) is 0 Å². The Labute approximate surface area is 262 Å². The topological polar surface area (TPSA) is 86.8 Å². The Balaban J connectivity index is 1.75. The van der Waals surface area contributed by atoms with Gasteiger partial charge in [0, 0.05) is 24.0 Å². The Morgan fingerprint density at radius 1 is 0.929 bits per heavy atom. The van der Waals surface area contributed by atoms with Gasteiger partial charge in [-0.25, -0.2) is 8.42 Å². The lowest BCUT2D eigenvalue weighted by Gasteiger charge is -2.34. The minimum Gasteiger partial charge on any atom is -0.352 e. The number of carbonyl (C=O) groups excluding carboxylic acids is 2. The highest BCUT2D eigenvalue weighted by atomic mass is 35.5. The molecule has 1 fully saturated rings. The first-order valence-corrected chi connectivity index (χ1v) is 16.7. The maximum Gasteiger partial charge on any atom is 0.244 e. The highest BCUT2D eigenvalue weighted by Crippen LogP contribution is 2.28. The molecule has 4 rings (SSSR count). The summed E-state index contributed by atoms with van der Waals surface area (Å²) in [5.41, 5.74) is 2.44. The Kier molecular flexibility index (Phi) is 10.8. The molecule has 11 heteroatoms. The van der Waals surface area contributed by atoms with Crippen molar-refractivity contribution in [2.24, 2.45) is 0 Å². The lowest BCUT2D eigenvalue weighted by molar-refractivity contribution is -0.140. The summed E-state index contributed by atoms with van der Waals surface area (Å²) >= 11 is 18.6. The van der Waals surface area contributed by atoms with Crippen molar-refractivity contribution in [2.45, 2.75) is 57.7 Å². The molecule has 1 aliphatic rings. The molecular weight excluding hydrogens is 617 g/mol. The van der Waals surface area contributed by atoms with Crippen LogP contribution < -0.4 is 9.62 Å². The number of rotatable bonds is 11. The van der Waals surface area contributed by atoms with E-state index in [2.05, 4.69) is 5.32 Å². The number of aryl methyl sites for hydroxylation is 1. The minimum atomic E-state index is -3.89. The van der Waals surface area contributed by atoms with E-state index in [1.165, 1.54) is 4.90 Å². The van der Waals surface area contributed by atoms with E-state index in [0.29, 0.717) is 31.9 Å². The molecule has 42 heavy (non-hydrogen) atoms.